The lowest BCUT2D eigenvalue weighted by Crippen LogP contribution is -2.41. The van der Waals surface area contributed by atoms with E-state index in [1.165, 1.54) is 14.2 Å². The number of carbonyl (C=O) groups is 3. The highest BCUT2D eigenvalue weighted by Crippen LogP contribution is 2.39. The highest BCUT2D eigenvalue weighted by molar-refractivity contribution is 7.71. The lowest BCUT2D eigenvalue weighted by molar-refractivity contribution is -0.135. The Hall–Kier alpha value is -3.21. The maximum Gasteiger partial charge on any atom is 0.248 e. The van der Waals surface area contributed by atoms with Crippen LogP contribution in [0.25, 0.3) is 10.9 Å². The number of nitrogens with zero attached hydrogens (tertiary/aromatic N) is 3. The average molecular weight is 460 g/mol. The van der Waals surface area contributed by atoms with Crippen LogP contribution in [0.2, 0.25) is 0 Å². The summed E-state index contributed by atoms with van der Waals surface area (Å²) in [6.45, 7) is 0.986. The summed E-state index contributed by atoms with van der Waals surface area (Å²) in [5, 5.41) is 3.56. The molecule has 1 unspecified atom stereocenters. The van der Waals surface area contributed by atoms with Crippen LogP contribution in [0.1, 0.15) is 31.7 Å². The number of piperidine rings is 1. The maximum atomic E-state index is 12.8. The molecule has 2 aliphatic rings. The van der Waals surface area contributed by atoms with Crippen molar-refractivity contribution in [1.29, 1.82) is 0 Å². The van der Waals surface area contributed by atoms with Gasteiger partial charge in [0.15, 0.2) is 11.5 Å². The third-order valence-electron chi connectivity index (χ3n) is 6.16. The van der Waals surface area contributed by atoms with Crippen molar-refractivity contribution in [3.05, 3.63) is 16.9 Å². The van der Waals surface area contributed by atoms with Gasteiger partial charge in [0.05, 0.1) is 19.7 Å². The normalized spacial score (nSPS) is 18.4. The molecule has 1 atom stereocenters. The molecule has 2 aliphatic heterocycles. The topological polar surface area (TPSA) is 129 Å². The first-order chi connectivity index (χ1) is 15.3. The SMILES string of the molecule is COc1cc2nc(=S)n3c(c2cc1OC)NC(=O)C3CCC(=O)N1CCC(C(N)=O)CC1. The first kappa shape index (κ1) is 22.0. The Morgan fingerprint density at radius 1 is 1.22 bits per heavy atom. The standard InChI is InChI=1S/C21H25N5O5S/c1-30-15-9-12-13(10-16(15)31-2)23-21(32)26-14(20(29)24-19(12)26)3-4-17(27)25-7-5-11(6-8-25)18(22)28/h9-11,14H,3-8H2,1-2H3,(H2,22,28)(H,24,29). The number of fused-ring (bicyclic) bond motifs is 3. The van der Waals surface area contributed by atoms with Gasteiger partial charge in [-0.25, -0.2) is 4.98 Å². The molecule has 0 spiro atoms. The molecule has 170 valence electrons. The molecule has 1 aromatic heterocycles. The van der Waals surface area contributed by atoms with Gasteiger partial charge in [-0.2, -0.15) is 0 Å². The number of methoxy groups -OCH3 is 2. The average Bonchev–Trinajstić information content (AvgIpc) is 3.13. The molecule has 3 heterocycles. The number of nitrogens with one attached hydrogen (secondary N) is 1. The summed E-state index contributed by atoms with van der Waals surface area (Å²) in [6, 6.07) is 2.83. The van der Waals surface area contributed by atoms with E-state index in [4.69, 9.17) is 27.4 Å². The number of anilines is 1. The number of likely N-dealkylation sites (tertiary alicyclic amines) is 1. The fraction of sp³-hybridized carbons (Fsp3) is 0.476. The molecule has 1 fully saturated rings. The minimum Gasteiger partial charge on any atom is -0.493 e. The Bertz CT molecular complexity index is 1160. The Morgan fingerprint density at radius 2 is 1.88 bits per heavy atom. The van der Waals surface area contributed by atoms with Gasteiger partial charge in [-0.15, -0.1) is 0 Å². The molecule has 1 aromatic carbocycles. The first-order valence-electron chi connectivity index (χ1n) is 10.4. The number of nitrogens with two attached hydrogens (primary N) is 1. The highest BCUT2D eigenvalue weighted by atomic mass is 32.1. The second kappa shape index (κ2) is 8.73. The van der Waals surface area contributed by atoms with Crippen LogP contribution in [0.3, 0.4) is 0 Å². The predicted molar refractivity (Wildman–Crippen MR) is 119 cm³/mol. The molecule has 32 heavy (non-hydrogen) atoms. The van der Waals surface area contributed by atoms with Gasteiger partial charge in [0, 0.05) is 36.9 Å². The summed E-state index contributed by atoms with van der Waals surface area (Å²) >= 11 is 5.47. The minimum atomic E-state index is -0.630. The fourth-order valence-electron chi connectivity index (χ4n) is 4.36. The molecule has 0 aliphatic carbocycles. The highest BCUT2D eigenvalue weighted by Gasteiger charge is 2.34. The van der Waals surface area contributed by atoms with E-state index >= 15 is 0 Å². The summed E-state index contributed by atoms with van der Waals surface area (Å²) < 4.78 is 12.6. The van der Waals surface area contributed by atoms with Crippen molar-refractivity contribution in [1.82, 2.24) is 14.5 Å². The molecule has 0 bridgehead atoms. The Balaban J connectivity index is 1.55. The molecule has 4 rings (SSSR count). The zero-order valence-corrected chi connectivity index (χ0v) is 18.7. The van der Waals surface area contributed by atoms with Gasteiger partial charge >= 0.3 is 0 Å². The maximum absolute atomic E-state index is 12.8. The summed E-state index contributed by atoms with van der Waals surface area (Å²) in [5.41, 5.74) is 5.94. The van der Waals surface area contributed by atoms with Crippen LogP contribution in [0.5, 0.6) is 11.5 Å². The minimum absolute atomic E-state index is 0.0548. The molecule has 3 N–H and O–H groups in total. The smallest absolute Gasteiger partial charge is 0.248 e. The van der Waals surface area contributed by atoms with Crippen LogP contribution in [-0.4, -0.2) is 59.5 Å². The van der Waals surface area contributed by atoms with Crippen molar-refractivity contribution in [2.45, 2.75) is 31.7 Å². The Labute approximate surface area is 189 Å². The van der Waals surface area contributed by atoms with Gasteiger partial charge < -0.3 is 25.4 Å². The summed E-state index contributed by atoms with van der Waals surface area (Å²) in [5.74, 6) is 0.763. The van der Waals surface area contributed by atoms with Crippen molar-refractivity contribution < 1.29 is 23.9 Å². The van der Waals surface area contributed by atoms with E-state index in [1.54, 1.807) is 21.6 Å². The van der Waals surface area contributed by atoms with Gasteiger partial charge in [0.1, 0.15) is 11.9 Å². The number of aromatic nitrogens is 2. The van der Waals surface area contributed by atoms with Crippen LogP contribution in [-0.2, 0) is 14.4 Å². The van der Waals surface area contributed by atoms with Crippen LogP contribution in [0, 0.1) is 10.7 Å². The lowest BCUT2D eigenvalue weighted by Gasteiger charge is -2.30. The van der Waals surface area contributed by atoms with E-state index < -0.39 is 6.04 Å². The van der Waals surface area contributed by atoms with Gasteiger partial charge in [0.25, 0.3) is 0 Å². The van der Waals surface area contributed by atoms with Crippen molar-refractivity contribution in [3.8, 4) is 11.5 Å². The van der Waals surface area contributed by atoms with Gasteiger partial charge in [-0.05, 0) is 37.5 Å². The molecule has 1 saturated heterocycles. The quantitative estimate of drug-likeness (QED) is 0.630. The molecule has 3 amide bonds. The molecule has 11 heteroatoms. The van der Waals surface area contributed by atoms with Gasteiger partial charge in [-0.1, -0.05) is 0 Å². The second-order valence-electron chi connectivity index (χ2n) is 7.94. The van der Waals surface area contributed by atoms with E-state index in [2.05, 4.69) is 10.3 Å². The van der Waals surface area contributed by atoms with Gasteiger partial charge in [-0.3, -0.25) is 19.0 Å². The Morgan fingerprint density at radius 3 is 2.50 bits per heavy atom. The predicted octanol–water partition coefficient (Wildman–Crippen LogP) is 1.78. The molecule has 2 aromatic rings. The van der Waals surface area contributed by atoms with Crippen LogP contribution in [0.15, 0.2) is 12.1 Å². The molecule has 0 saturated carbocycles. The van der Waals surface area contributed by atoms with E-state index in [0.717, 1.165) is 0 Å². The number of ether oxygens (including phenoxy) is 2. The van der Waals surface area contributed by atoms with E-state index in [9.17, 15) is 14.4 Å². The third-order valence-corrected chi connectivity index (χ3v) is 6.45. The monoisotopic (exact) mass is 459 g/mol. The third kappa shape index (κ3) is 3.88. The molecular formula is C21H25N5O5S. The number of carbonyl (C=O) groups excluding carboxylic acids is 3. The number of hydrogen-bond acceptors (Lipinski definition) is 7. The summed E-state index contributed by atoms with van der Waals surface area (Å²) in [7, 11) is 3.07. The number of benzene rings is 1. The van der Waals surface area contributed by atoms with Crippen molar-refractivity contribution >= 4 is 46.7 Å². The van der Waals surface area contributed by atoms with Crippen molar-refractivity contribution in [3.63, 3.8) is 0 Å². The van der Waals surface area contributed by atoms with Crippen LogP contribution in [0.4, 0.5) is 5.82 Å². The van der Waals surface area contributed by atoms with Crippen LogP contribution >= 0.6 is 12.2 Å². The van der Waals surface area contributed by atoms with Crippen molar-refractivity contribution in [2.24, 2.45) is 11.7 Å². The molecular weight excluding hydrogens is 434 g/mol. The lowest BCUT2D eigenvalue weighted by atomic mass is 9.96. The Kier molecular flexibility index (Phi) is 6.00. The number of amides is 3. The second-order valence-corrected chi connectivity index (χ2v) is 8.30. The molecule has 10 nitrogen and oxygen atoms in total. The fourth-order valence-corrected chi connectivity index (χ4v) is 4.68. The zero-order valence-electron chi connectivity index (χ0n) is 17.9. The number of rotatable bonds is 6. The van der Waals surface area contributed by atoms with E-state index in [0.29, 0.717) is 60.6 Å². The number of hydrogen-bond donors (Lipinski definition) is 2. The van der Waals surface area contributed by atoms with Gasteiger partial charge in [0.2, 0.25) is 22.5 Å². The first-order valence-corrected chi connectivity index (χ1v) is 10.8. The summed E-state index contributed by atoms with van der Waals surface area (Å²) in [4.78, 5) is 43.0. The molecule has 0 radical (unpaired) electrons. The number of primary amides is 1. The zero-order chi connectivity index (χ0) is 23.0. The van der Waals surface area contributed by atoms with E-state index in [1.807, 2.05) is 0 Å². The van der Waals surface area contributed by atoms with Crippen molar-refractivity contribution in [2.75, 3.05) is 32.6 Å². The largest absolute Gasteiger partial charge is 0.493 e. The summed E-state index contributed by atoms with van der Waals surface area (Å²) in [6.07, 6.45) is 1.62. The van der Waals surface area contributed by atoms with Crippen LogP contribution < -0.4 is 20.5 Å². The van der Waals surface area contributed by atoms with E-state index in [-0.39, 0.29) is 34.8 Å².